The van der Waals surface area contributed by atoms with E-state index in [0.29, 0.717) is 18.2 Å². The van der Waals surface area contributed by atoms with Gasteiger partial charge in [-0.05, 0) is 18.2 Å². The molecule has 0 saturated carbocycles. The molecule has 0 saturated heterocycles. The molecule has 1 rings (SSSR count). The van der Waals surface area contributed by atoms with E-state index in [9.17, 15) is 21.6 Å². The Bertz CT molecular complexity index is 481. The molecule has 3 nitrogen and oxygen atoms in total. The topological polar surface area (TPSA) is 54.4 Å². The van der Waals surface area contributed by atoms with E-state index in [1.54, 1.807) is 0 Å². The molecule has 0 aromatic heterocycles. The molecule has 1 N–H and O–H groups in total. The van der Waals surface area contributed by atoms with Crippen molar-refractivity contribution in [1.82, 2.24) is 0 Å². The number of hydrogen-bond donors (Lipinski definition) is 1. The van der Waals surface area contributed by atoms with Crippen LogP contribution >= 0.6 is 11.6 Å². The lowest BCUT2D eigenvalue weighted by Gasteiger charge is -2.08. The first-order valence-electron chi connectivity index (χ1n) is 3.46. The molecule has 1 aromatic carbocycles. The Hall–Kier alpha value is -0.790. The molecule has 15 heavy (non-hydrogen) atoms. The summed E-state index contributed by atoms with van der Waals surface area (Å²) in [5.41, 5.74) is -1.08. The van der Waals surface area contributed by atoms with Crippen molar-refractivity contribution >= 4 is 21.7 Å². The Morgan fingerprint density at radius 1 is 1.27 bits per heavy atom. The molecule has 0 fully saturated rings. The van der Waals surface area contributed by atoms with E-state index < -0.39 is 31.8 Å². The van der Waals surface area contributed by atoms with Gasteiger partial charge < -0.3 is 0 Å². The quantitative estimate of drug-likeness (QED) is 0.790. The minimum absolute atomic E-state index is 0.435. The molecule has 84 valence electrons. The second-order valence-corrected chi connectivity index (χ2v) is 4.42. The lowest BCUT2D eigenvalue weighted by molar-refractivity contribution is -0.137. The van der Waals surface area contributed by atoms with E-state index in [-0.39, 0.29) is 0 Å². The SMILES string of the molecule is O=S(=O)(O)c1ccc(C(F)(F)F)cc1Cl. The highest BCUT2D eigenvalue weighted by atomic mass is 35.5. The van der Waals surface area contributed by atoms with Gasteiger partial charge >= 0.3 is 6.18 Å². The zero-order chi connectivity index (χ0) is 11.9. The fraction of sp³-hybridized carbons (Fsp3) is 0.143. The van der Waals surface area contributed by atoms with Crippen LogP contribution in [0.5, 0.6) is 0 Å². The van der Waals surface area contributed by atoms with E-state index in [4.69, 9.17) is 16.2 Å². The zero-order valence-electron chi connectivity index (χ0n) is 6.92. The van der Waals surface area contributed by atoms with Gasteiger partial charge in [-0.2, -0.15) is 21.6 Å². The third-order valence-electron chi connectivity index (χ3n) is 1.54. The standard InChI is InChI=1S/C7H4ClF3O3S/c8-5-3-4(7(9,10)11)1-2-6(5)15(12,13)14/h1-3H,(H,12,13,14). The normalized spacial score (nSPS) is 12.9. The number of halogens is 4. The first-order chi connectivity index (χ1) is 6.62. The summed E-state index contributed by atoms with van der Waals surface area (Å²) in [6.45, 7) is 0. The van der Waals surface area contributed by atoms with Gasteiger partial charge in [-0.3, -0.25) is 4.55 Å². The molecule has 0 aliphatic rings. The van der Waals surface area contributed by atoms with E-state index in [0.717, 1.165) is 0 Å². The molecule has 8 heteroatoms. The van der Waals surface area contributed by atoms with Crippen molar-refractivity contribution in [2.75, 3.05) is 0 Å². The fourth-order valence-corrected chi connectivity index (χ4v) is 1.90. The first kappa shape index (κ1) is 12.3. The predicted molar refractivity (Wildman–Crippen MR) is 46.3 cm³/mol. The van der Waals surface area contributed by atoms with Crippen molar-refractivity contribution in [2.24, 2.45) is 0 Å². The maximum absolute atomic E-state index is 12.1. The monoisotopic (exact) mass is 260 g/mol. The molecule has 1 aromatic rings. The molecule has 0 unspecified atom stereocenters. The number of alkyl halides is 3. The van der Waals surface area contributed by atoms with Crippen LogP contribution in [-0.4, -0.2) is 13.0 Å². The highest BCUT2D eigenvalue weighted by Gasteiger charge is 2.31. The zero-order valence-corrected chi connectivity index (χ0v) is 8.49. The van der Waals surface area contributed by atoms with Crippen LogP contribution in [0.1, 0.15) is 5.56 Å². The number of benzene rings is 1. The minimum Gasteiger partial charge on any atom is -0.282 e. The minimum atomic E-state index is -4.61. The molecule has 0 amide bonds. The van der Waals surface area contributed by atoms with Crippen molar-refractivity contribution < 1.29 is 26.1 Å². The van der Waals surface area contributed by atoms with E-state index in [1.165, 1.54) is 0 Å². The molecule has 0 aliphatic heterocycles. The third-order valence-corrected chi connectivity index (χ3v) is 2.87. The molecular weight excluding hydrogens is 257 g/mol. The summed E-state index contributed by atoms with van der Waals surface area (Å²) in [6.07, 6.45) is -4.61. The molecule has 0 bridgehead atoms. The predicted octanol–water partition coefficient (Wildman–Crippen LogP) is 2.61. The van der Waals surface area contributed by atoms with Gasteiger partial charge in [-0.1, -0.05) is 11.6 Å². The summed E-state index contributed by atoms with van der Waals surface area (Å²) in [4.78, 5) is -0.753. The van der Waals surface area contributed by atoms with Crippen LogP contribution in [0.2, 0.25) is 5.02 Å². The molecule has 0 atom stereocenters. The molecule has 0 aliphatic carbocycles. The first-order valence-corrected chi connectivity index (χ1v) is 5.28. The second-order valence-electron chi connectivity index (χ2n) is 2.62. The van der Waals surface area contributed by atoms with Gasteiger partial charge in [0.15, 0.2) is 0 Å². The molecular formula is C7H4ClF3O3S. The van der Waals surface area contributed by atoms with Crippen molar-refractivity contribution in [2.45, 2.75) is 11.1 Å². The van der Waals surface area contributed by atoms with Crippen LogP contribution in [0.15, 0.2) is 23.1 Å². The van der Waals surface area contributed by atoms with Gasteiger partial charge in [0.2, 0.25) is 0 Å². The van der Waals surface area contributed by atoms with Crippen molar-refractivity contribution in [1.29, 1.82) is 0 Å². The maximum atomic E-state index is 12.1. The summed E-state index contributed by atoms with van der Waals surface area (Å²) in [6, 6.07) is 1.56. The average molecular weight is 261 g/mol. The van der Waals surface area contributed by atoms with E-state index >= 15 is 0 Å². The van der Waals surface area contributed by atoms with Gasteiger partial charge in [-0.15, -0.1) is 0 Å². The van der Waals surface area contributed by atoms with Crippen molar-refractivity contribution in [3.05, 3.63) is 28.8 Å². The Kier molecular flexibility index (Phi) is 2.99. The molecule has 0 radical (unpaired) electrons. The van der Waals surface area contributed by atoms with Crippen LogP contribution < -0.4 is 0 Å². The van der Waals surface area contributed by atoms with Crippen LogP contribution in [0.25, 0.3) is 0 Å². The smallest absolute Gasteiger partial charge is 0.282 e. The Labute approximate surface area is 88.2 Å². The van der Waals surface area contributed by atoms with Crippen LogP contribution in [0, 0.1) is 0 Å². The highest BCUT2D eigenvalue weighted by Crippen LogP contribution is 2.33. The summed E-state index contributed by atoms with van der Waals surface area (Å²) in [5.74, 6) is 0. The maximum Gasteiger partial charge on any atom is 0.416 e. The van der Waals surface area contributed by atoms with Crippen LogP contribution in [0.4, 0.5) is 13.2 Å². The number of hydrogen-bond acceptors (Lipinski definition) is 2. The van der Waals surface area contributed by atoms with Gasteiger partial charge in [0.25, 0.3) is 10.1 Å². The molecule has 0 heterocycles. The van der Waals surface area contributed by atoms with Gasteiger partial charge in [0.1, 0.15) is 4.90 Å². The average Bonchev–Trinajstić information content (AvgIpc) is 1.99. The summed E-state index contributed by atoms with van der Waals surface area (Å²) in [7, 11) is -4.60. The summed E-state index contributed by atoms with van der Waals surface area (Å²) < 4.78 is 66.2. The van der Waals surface area contributed by atoms with Crippen molar-refractivity contribution in [3.8, 4) is 0 Å². The van der Waals surface area contributed by atoms with Crippen LogP contribution in [-0.2, 0) is 16.3 Å². The highest BCUT2D eigenvalue weighted by molar-refractivity contribution is 7.86. The Balaban J connectivity index is 3.34. The largest absolute Gasteiger partial charge is 0.416 e. The summed E-state index contributed by atoms with van der Waals surface area (Å²) >= 11 is 5.28. The Morgan fingerprint density at radius 2 is 1.80 bits per heavy atom. The van der Waals surface area contributed by atoms with Crippen LogP contribution in [0.3, 0.4) is 0 Å². The van der Waals surface area contributed by atoms with Crippen molar-refractivity contribution in [3.63, 3.8) is 0 Å². The van der Waals surface area contributed by atoms with Gasteiger partial charge in [0, 0.05) is 0 Å². The van der Waals surface area contributed by atoms with E-state index in [2.05, 4.69) is 0 Å². The lowest BCUT2D eigenvalue weighted by Crippen LogP contribution is -2.06. The molecule has 0 spiro atoms. The van der Waals surface area contributed by atoms with Gasteiger partial charge in [-0.25, -0.2) is 0 Å². The Morgan fingerprint density at radius 3 is 2.13 bits per heavy atom. The summed E-state index contributed by atoms with van der Waals surface area (Å²) in [5, 5.41) is -0.674. The fourth-order valence-electron chi connectivity index (χ4n) is 0.886. The third kappa shape index (κ3) is 2.83. The van der Waals surface area contributed by atoms with E-state index in [1.807, 2.05) is 0 Å². The van der Waals surface area contributed by atoms with Gasteiger partial charge in [0.05, 0.1) is 10.6 Å². The second kappa shape index (κ2) is 3.66. The lowest BCUT2D eigenvalue weighted by atomic mass is 10.2. The number of rotatable bonds is 1.